The molecule has 1 aromatic heterocycles. The summed E-state index contributed by atoms with van der Waals surface area (Å²) in [6.45, 7) is 3.65. The van der Waals surface area contributed by atoms with Crippen LogP contribution in [0.1, 0.15) is 23.1 Å². The van der Waals surface area contributed by atoms with Gasteiger partial charge in [-0.15, -0.1) is 10.2 Å². The molecule has 150 valence electrons. The third-order valence-corrected chi connectivity index (χ3v) is 4.75. The summed E-state index contributed by atoms with van der Waals surface area (Å²) in [5.74, 6) is 0.00391. The number of anilines is 1. The zero-order valence-electron chi connectivity index (χ0n) is 15.6. The molecule has 0 atom stereocenters. The van der Waals surface area contributed by atoms with Gasteiger partial charge in [-0.3, -0.25) is 0 Å². The van der Waals surface area contributed by atoms with E-state index in [2.05, 4.69) is 26.5 Å². The molecule has 0 saturated carbocycles. The molecule has 9 heteroatoms. The SMILES string of the molecule is Cc1c(-c2ccc(C(F)(F)F)cc2O)nnc(NC2=CCCN(C)C2)c1CN. The smallest absolute Gasteiger partial charge is 0.416 e. The van der Waals surface area contributed by atoms with E-state index in [1.54, 1.807) is 6.92 Å². The minimum absolute atomic E-state index is 0.168. The first-order valence-corrected chi connectivity index (χ1v) is 8.82. The number of alkyl halides is 3. The Kier molecular flexibility index (Phi) is 5.57. The molecule has 4 N–H and O–H groups in total. The van der Waals surface area contributed by atoms with Crippen LogP contribution < -0.4 is 11.1 Å². The van der Waals surface area contributed by atoms with E-state index in [9.17, 15) is 18.3 Å². The van der Waals surface area contributed by atoms with Crippen LogP contribution in [0.3, 0.4) is 0 Å². The Bertz CT molecular complexity index is 911. The van der Waals surface area contributed by atoms with Gasteiger partial charge < -0.3 is 21.1 Å². The average molecular weight is 393 g/mol. The van der Waals surface area contributed by atoms with Gasteiger partial charge in [0.25, 0.3) is 0 Å². The lowest BCUT2D eigenvalue weighted by molar-refractivity contribution is -0.137. The second kappa shape index (κ2) is 7.76. The highest BCUT2D eigenvalue weighted by Gasteiger charge is 2.31. The zero-order chi connectivity index (χ0) is 20.5. The molecule has 0 saturated heterocycles. The van der Waals surface area contributed by atoms with Crippen LogP contribution in [0.2, 0.25) is 0 Å². The highest BCUT2D eigenvalue weighted by atomic mass is 19.4. The van der Waals surface area contributed by atoms with Gasteiger partial charge in [0.15, 0.2) is 5.82 Å². The molecule has 28 heavy (non-hydrogen) atoms. The van der Waals surface area contributed by atoms with Crippen LogP contribution in [0, 0.1) is 6.92 Å². The number of rotatable bonds is 4. The molecule has 0 fully saturated rings. The number of aromatic hydroxyl groups is 1. The largest absolute Gasteiger partial charge is 0.507 e. The maximum atomic E-state index is 12.8. The molecule has 2 aromatic rings. The summed E-state index contributed by atoms with van der Waals surface area (Å²) in [7, 11) is 2.02. The lowest BCUT2D eigenvalue weighted by Crippen LogP contribution is -2.28. The van der Waals surface area contributed by atoms with E-state index in [1.165, 1.54) is 6.07 Å². The fourth-order valence-electron chi connectivity index (χ4n) is 3.21. The van der Waals surface area contributed by atoms with E-state index >= 15 is 0 Å². The number of aromatic nitrogens is 2. The molecular formula is C19H22F3N5O. The number of halogens is 3. The van der Waals surface area contributed by atoms with Crippen molar-refractivity contribution in [3.05, 3.63) is 46.7 Å². The number of hydrogen-bond donors (Lipinski definition) is 3. The molecule has 6 nitrogen and oxygen atoms in total. The summed E-state index contributed by atoms with van der Waals surface area (Å²) in [6.07, 6.45) is -1.53. The molecule has 0 aliphatic carbocycles. The fraction of sp³-hybridized carbons (Fsp3) is 0.368. The summed E-state index contributed by atoms with van der Waals surface area (Å²) < 4.78 is 38.5. The summed E-state index contributed by atoms with van der Waals surface area (Å²) in [5, 5.41) is 21.7. The molecule has 0 amide bonds. The molecule has 1 aliphatic heterocycles. The van der Waals surface area contributed by atoms with Crippen molar-refractivity contribution in [2.75, 3.05) is 25.5 Å². The Hall–Kier alpha value is -2.65. The van der Waals surface area contributed by atoms with E-state index in [-0.39, 0.29) is 12.1 Å². The fourth-order valence-corrected chi connectivity index (χ4v) is 3.21. The van der Waals surface area contributed by atoms with E-state index in [0.717, 1.165) is 31.3 Å². The quantitative estimate of drug-likeness (QED) is 0.739. The van der Waals surface area contributed by atoms with Crippen LogP contribution >= 0.6 is 0 Å². The monoisotopic (exact) mass is 393 g/mol. The van der Waals surface area contributed by atoms with E-state index in [0.29, 0.717) is 28.7 Å². The van der Waals surface area contributed by atoms with Crippen LogP contribution in [0.15, 0.2) is 30.0 Å². The molecule has 1 aromatic carbocycles. The maximum Gasteiger partial charge on any atom is 0.416 e. The average Bonchev–Trinajstić information content (AvgIpc) is 2.62. The second-order valence-electron chi connectivity index (χ2n) is 6.82. The van der Waals surface area contributed by atoms with Crippen LogP contribution in [-0.4, -0.2) is 40.3 Å². The van der Waals surface area contributed by atoms with Crippen molar-refractivity contribution in [1.29, 1.82) is 0 Å². The van der Waals surface area contributed by atoms with Gasteiger partial charge in [0.2, 0.25) is 0 Å². The highest BCUT2D eigenvalue weighted by molar-refractivity contribution is 5.72. The summed E-state index contributed by atoms with van der Waals surface area (Å²) in [4.78, 5) is 2.17. The van der Waals surface area contributed by atoms with Gasteiger partial charge in [-0.2, -0.15) is 13.2 Å². The Balaban J connectivity index is 1.97. The summed E-state index contributed by atoms with van der Waals surface area (Å²) in [5.41, 5.74) is 7.78. The third kappa shape index (κ3) is 4.10. The number of likely N-dealkylation sites (N-methyl/N-ethyl adjacent to an activating group) is 1. The van der Waals surface area contributed by atoms with Crippen molar-refractivity contribution in [2.24, 2.45) is 5.73 Å². The van der Waals surface area contributed by atoms with Gasteiger partial charge in [0.05, 0.1) is 5.56 Å². The van der Waals surface area contributed by atoms with Crippen molar-refractivity contribution < 1.29 is 18.3 Å². The van der Waals surface area contributed by atoms with E-state index in [4.69, 9.17) is 5.73 Å². The number of phenolic OH excluding ortho intramolecular Hbond substituents is 1. The van der Waals surface area contributed by atoms with Gasteiger partial charge >= 0.3 is 6.18 Å². The Labute approximate surface area is 160 Å². The van der Waals surface area contributed by atoms with Gasteiger partial charge in [-0.1, -0.05) is 6.08 Å². The predicted octanol–water partition coefficient (Wildman–Crippen LogP) is 3.27. The molecular weight excluding hydrogens is 371 g/mol. The Morgan fingerprint density at radius 3 is 2.64 bits per heavy atom. The summed E-state index contributed by atoms with van der Waals surface area (Å²) >= 11 is 0. The Morgan fingerprint density at radius 1 is 1.29 bits per heavy atom. The van der Waals surface area contributed by atoms with Crippen molar-refractivity contribution in [2.45, 2.75) is 26.1 Å². The minimum Gasteiger partial charge on any atom is -0.507 e. The number of nitrogens with two attached hydrogens (primary N) is 1. The number of nitrogens with one attached hydrogen (secondary N) is 1. The Morgan fingerprint density at radius 2 is 2.04 bits per heavy atom. The van der Waals surface area contributed by atoms with Crippen LogP contribution in [0.5, 0.6) is 5.75 Å². The summed E-state index contributed by atoms with van der Waals surface area (Å²) in [6, 6.07) is 2.79. The normalized spacial score (nSPS) is 15.4. The molecule has 0 unspecified atom stereocenters. The van der Waals surface area contributed by atoms with Crippen molar-refractivity contribution in [3.63, 3.8) is 0 Å². The lowest BCUT2D eigenvalue weighted by Gasteiger charge is -2.24. The van der Waals surface area contributed by atoms with Crippen LogP contribution in [0.25, 0.3) is 11.3 Å². The van der Waals surface area contributed by atoms with Gasteiger partial charge in [0, 0.05) is 36.5 Å². The number of benzene rings is 1. The second-order valence-corrected chi connectivity index (χ2v) is 6.82. The number of hydrogen-bond acceptors (Lipinski definition) is 6. The van der Waals surface area contributed by atoms with E-state index < -0.39 is 17.5 Å². The van der Waals surface area contributed by atoms with Crippen LogP contribution in [-0.2, 0) is 12.7 Å². The molecule has 0 spiro atoms. The predicted molar refractivity (Wildman–Crippen MR) is 101 cm³/mol. The number of nitrogens with zero attached hydrogens (tertiary/aromatic N) is 3. The van der Waals surface area contributed by atoms with Crippen molar-refractivity contribution >= 4 is 5.82 Å². The number of phenols is 1. The van der Waals surface area contributed by atoms with Crippen molar-refractivity contribution in [1.82, 2.24) is 15.1 Å². The first-order chi connectivity index (χ1) is 13.2. The van der Waals surface area contributed by atoms with Crippen LogP contribution in [0.4, 0.5) is 19.0 Å². The molecule has 2 heterocycles. The van der Waals surface area contributed by atoms with Gasteiger partial charge in [-0.05, 0) is 44.2 Å². The first kappa shape index (κ1) is 20.1. The molecule has 0 bridgehead atoms. The minimum atomic E-state index is -4.53. The van der Waals surface area contributed by atoms with Crippen molar-refractivity contribution in [3.8, 4) is 17.0 Å². The van der Waals surface area contributed by atoms with Gasteiger partial charge in [-0.25, -0.2) is 0 Å². The molecule has 3 rings (SSSR count). The first-order valence-electron chi connectivity index (χ1n) is 8.82. The van der Waals surface area contributed by atoms with Gasteiger partial charge in [0.1, 0.15) is 11.4 Å². The molecule has 1 aliphatic rings. The lowest BCUT2D eigenvalue weighted by atomic mass is 10.0. The van der Waals surface area contributed by atoms with E-state index in [1.807, 2.05) is 7.05 Å². The topological polar surface area (TPSA) is 87.3 Å². The molecule has 0 radical (unpaired) electrons. The maximum absolute atomic E-state index is 12.8. The highest BCUT2D eigenvalue weighted by Crippen LogP contribution is 2.37. The third-order valence-electron chi connectivity index (χ3n) is 4.75. The zero-order valence-corrected chi connectivity index (χ0v) is 15.6. The standard InChI is InChI=1S/C19H22F3N5O/c1-11-15(9-23)18(24-13-4-3-7-27(2)10-13)26-25-17(11)14-6-5-12(8-16(14)28)19(20,21)22/h4-6,8,28H,3,7,9-10,23H2,1-2H3,(H,24,26).